The lowest BCUT2D eigenvalue weighted by Gasteiger charge is -2.06. The van der Waals surface area contributed by atoms with Gasteiger partial charge in [0.1, 0.15) is 5.75 Å². The smallest absolute Gasteiger partial charge is 0.387 e. The second kappa shape index (κ2) is 7.16. The molecule has 1 heterocycles. The molecule has 0 unspecified atom stereocenters. The molecule has 0 atom stereocenters. The van der Waals surface area contributed by atoms with Gasteiger partial charge in [0.15, 0.2) is 0 Å². The SMILES string of the molecule is FC(F)Oc1ccc(CNCCc2cscn2)cc1. The van der Waals surface area contributed by atoms with Crippen LogP contribution in [0.25, 0.3) is 0 Å². The number of hydrogen-bond acceptors (Lipinski definition) is 4. The quantitative estimate of drug-likeness (QED) is 0.793. The fourth-order valence-corrected chi connectivity index (χ4v) is 2.19. The van der Waals surface area contributed by atoms with E-state index >= 15 is 0 Å². The van der Waals surface area contributed by atoms with Gasteiger partial charge in [-0.25, -0.2) is 4.98 Å². The van der Waals surface area contributed by atoms with E-state index in [-0.39, 0.29) is 5.75 Å². The number of thiazole rings is 1. The van der Waals surface area contributed by atoms with Gasteiger partial charge in [-0.2, -0.15) is 8.78 Å². The minimum absolute atomic E-state index is 0.182. The van der Waals surface area contributed by atoms with Crippen molar-refractivity contribution in [2.24, 2.45) is 0 Å². The number of rotatable bonds is 7. The van der Waals surface area contributed by atoms with Crippen molar-refractivity contribution in [2.75, 3.05) is 6.54 Å². The van der Waals surface area contributed by atoms with Crippen molar-refractivity contribution in [2.45, 2.75) is 19.6 Å². The molecule has 2 rings (SSSR count). The molecule has 1 aromatic carbocycles. The van der Waals surface area contributed by atoms with E-state index in [0.29, 0.717) is 6.54 Å². The summed E-state index contributed by atoms with van der Waals surface area (Å²) < 4.78 is 28.2. The van der Waals surface area contributed by atoms with Crippen LogP contribution in [0, 0.1) is 0 Å². The van der Waals surface area contributed by atoms with E-state index in [9.17, 15) is 8.78 Å². The minimum atomic E-state index is -2.78. The summed E-state index contributed by atoms with van der Waals surface area (Å²) in [5, 5.41) is 5.30. The largest absolute Gasteiger partial charge is 0.435 e. The molecule has 0 radical (unpaired) electrons. The Kier molecular flexibility index (Phi) is 5.23. The van der Waals surface area contributed by atoms with Crippen LogP contribution < -0.4 is 10.1 Å². The monoisotopic (exact) mass is 284 g/mol. The summed E-state index contributed by atoms with van der Waals surface area (Å²) in [7, 11) is 0. The highest BCUT2D eigenvalue weighted by Gasteiger charge is 2.03. The minimum Gasteiger partial charge on any atom is -0.435 e. The Morgan fingerprint density at radius 2 is 2.05 bits per heavy atom. The standard InChI is InChI=1S/C13H14F2N2OS/c14-13(15)18-12-3-1-10(2-4-12)7-16-6-5-11-8-19-9-17-11/h1-4,8-9,13,16H,5-7H2. The van der Waals surface area contributed by atoms with E-state index in [1.54, 1.807) is 35.6 Å². The molecule has 6 heteroatoms. The lowest BCUT2D eigenvalue weighted by Crippen LogP contribution is -2.16. The molecule has 0 amide bonds. The lowest BCUT2D eigenvalue weighted by molar-refractivity contribution is -0.0498. The maximum Gasteiger partial charge on any atom is 0.387 e. The Hall–Kier alpha value is -1.53. The topological polar surface area (TPSA) is 34.1 Å². The van der Waals surface area contributed by atoms with Gasteiger partial charge < -0.3 is 10.1 Å². The molecule has 0 aliphatic heterocycles. The first kappa shape index (κ1) is 13.9. The van der Waals surface area contributed by atoms with Crippen molar-refractivity contribution in [1.82, 2.24) is 10.3 Å². The molecule has 0 bridgehead atoms. The molecule has 0 saturated heterocycles. The van der Waals surface area contributed by atoms with Gasteiger partial charge in [0, 0.05) is 24.9 Å². The van der Waals surface area contributed by atoms with E-state index < -0.39 is 6.61 Å². The van der Waals surface area contributed by atoms with Gasteiger partial charge in [-0.15, -0.1) is 11.3 Å². The van der Waals surface area contributed by atoms with Crippen molar-refractivity contribution in [3.05, 3.63) is 46.4 Å². The third kappa shape index (κ3) is 4.92. The summed E-state index contributed by atoms with van der Waals surface area (Å²) in [6.07, 6.45) is 0.885. The number of nitrogens with zero attached hydrogens (tertiary/aromatic N) is 1. The van der Waals surface area contributed by atoms with Crippen LogP contribution in [-0.2, 0) is 13.0 Å². The highest BCUT2D eigenvalue weighted by atomic mass is 32.1. The third-order valence-electron chi connectivity index (χ3n) is 2.52. The van der Waals surface area contributed by atoms with Crippen molar-refractivity contribution in [1.29, 1.82) is 0 Å². The van der Waals surface area contributed by atoms with E-state index in [1.807, 2.05) is 10.9 Å². The van der Waals surface area contributed by atoms with Gasteiger partial charge in [0.2, 0.25) is 0 Å². The van der Waals surface area contributed by atoms with E-state index in [0.717, 1.165) is 24.2 Å². The molecule has 1 N–H and O–H groups in total. The van der Waals surface area contributed by atoms with E-state index in [4.69, 9.17) is 0 Å². The summed E-state index contributed by atoms with van der Waals surface area (Å²) in [6.45, 7) is -1.25. The van der Waals surface area contributed by atoms with Gasteiger partial charge in [-0.05, 0) is 17.7 Å². The second-order valence-corrected chi connectivity index (χ2v) is 4.65. The molecular formula is C13H14F2N2OS. The summed E-state index contributed by atoms with van der Waals surface area (Å²) in [4.78, 5) is 4.19. The first-order valence-corrected chi connectivity index (χ1v) is 6.80. The molecule has 19 heavy (non-hydrogen) atoms. The fraction of sp³-hybridized carbons (Fsp3) is 0.308. The van der Waals surface area contributed by atoms with Gasteiger partial charge in [0.05, 0.1) is 11.2 Å². The van der Waals surface area contributed by atoms with E-state index in [2.05, 4.69) is 15.0 Å². The zero-order valence-electron chi connectivity index (χ0n) is 10.2. The summed E-state index contributed by atoms with van der Waals surface area (Å²) in [6, 6.07) is 6.63. The Labute approximate surface area is 114 Å². The number of hydrogen-bond donors (Lipinski definition) is 1. The number of aromatic nitrogens is 1. The van der Waals surface area contributed by atoms with Crippen LogP contribution in [-0.4, -0.2) is 18.1 Å². The van der Waals surface area contributed by atoms with Crippen LogP contribution in [0.3, 0.4) is 0 Å². The molecule has 0 aliphatic carbocycles. The number of alkyl halides is 2. The third-order valence-corrected chi connectivity index (χ3v) is 3.15. The van der Waals surface area contributed by atoms with Gasteiger partial charge in [0.25, 0.3) is 0 Å². The maximum absolute atomic E-state index is 12.0. The van der Waals surface area contributed by atoms with Crippen LogP contribution >= 0.6 is 11.3 Å². The molecular weight excluding hydrogens is 270 g/mol. The predicted octanol–water partition coefficient (Wildman–Crippen LogP) is 3.08. The normalized spacial score (nSPS) is 10.9. The first-order valence-electron chi connectivity index (χ1n) is 5.85. The molecule has 0 fully saturated rings. The highest BCUT2D eigenvalue weighted by Crippen LogP contribution is 2.14. The zero-order chi connectivity index (χ0) is 13.5. The number of benzene rings is 1. The van der Waals surface area contributed by atoms with Crippen molar-refractivity contribution >= 4 is 11.3 Å². The van der Waals surface area contributed by atoms with Crippen LogP contribution in [0.5, 0.6) is 5.75 Å². The second-order valence-electron chi connectivity index (χ2n) is 3.93. The first-order chi connectivity index (χ1) is 9.24. The Morgan fingerprint density at radius 3 is 2.68 bits per heavy atom. The molecule has 3 nitrogen and oxygen atoms in total. The van der Waals surface area contributed by atoms with Crippen molar-refractivity contribution < 1.29 is 13.5 Å². The number of ether oxygens (including phenoxy) is 1. The van der Waals surface area contributed by atoms with Crippen LogP contribution in [0.2, 0.25) is 0 Å². The molecule has 102 valence electrons. The molecule has 0 aliphatic rings. The lowest BCUT2D eigenvalue weighted by atomic mass is 10.2. The fourth-order valence-electron chi connectivity index (χ4n) is 1.60. The predicted molar refractivity (Wildman–Crippen MR) is 70.6 cm³/mol. The average Bonchev–Trinajstić information content (AvgIpc) is 2.89. The van der Waals surface area contributed by atoms with Crippen LogP contribution in [0.15, 0.2) is 35.2 Å². The van der Waals surface area contributed by atoms with Gasteiger partial charge >= 0.3 is 6.61 Å². The summed E-state index contributed by atoms with van der Waals surface area (Å²) in [5.41, 5.74) is 3.93. The number of nitrogens with one attached hydrogen (secondary N) is 1. The molecule has 0 spiro atoms. The van der Waals surface area contributed by atoms with Crippen LogP contribution in [0.1, 0.15) is 11.3 Å². The Bertz CT molecular complexity index is 474. The average molecular weight is 284 g/mol. The summed E-state index contributed by atoms with van der Waals surface area (Å²) >= 11 is 1.59. The zero-order valence-corrected chi connectivity index (χ0v) is 11.0. The van der Waals surface area contributed by atoms with Crippen molar-refractivity contribution in [3.8, 4) is 5.75 Å². The maximum atomic E-state index is 12.0. The van der Waals surface area contributed by atoms with Crippen molar-refractivity contribution in [3.63, 3.8) is 0 Å². The van der Waals surface area contributed by atoms with Gasteiger partial charge in [-0.3, -0.25) is 0 Å². The van der Waals surface area contributed by atoms with E-state index in [1.165, 1.54) is 0 Å². The Balaban J connectivity index is 1.71. The highest BCUT2D eigenvalue weighted by molar-refractivity contribution is 7.07. The van der Waals surface area contributed by atoms with Crippen LogP contribution in [0.4, 0.5) is 8.78 Å². The number of halogens is 2. The van der Waals surface area contributed by atoms with Gasteiger partial charge in [-0.1, -0.05) is 12.1 Å². The Morgan fingerprint density at radius 1 is 1.26 bits per heavy atom. The summed E-state index contributed by atoms with van der Waals surface area (Å²) in [5.74, 6) is 0.182. The molecule has 1 aromatic heterocycles. The molecule has 2 aromatic rings. The molecule has 0 saturated carbocycles.